The molecule has 2 unspecified atom stereocenters. The monoisotopic (exact) mass is 219 g/mol. The molecule has 1 saturated heterocycles. The van der Waals surface area contributed by atoms with Crippen LogP contribution in [0.5, 0.6) is 0 Å². The molecule has 4 nitrogen and oxygen atoms in total. The lowest BCUT2D eigenvalue weighted by molar-refractivity contribution is 0.0257. The van der Waals surface area contributed by atoms with Crippen LogP contribution in [0.1, 0.15) is 19.3 Å². The van der Waals surface area contributed by atoms with Crippen LogP contribution in [0.25, 0.3) is 0 Å². The summed E-state index contributed by atoms with van der Waals surface area (Å²) in [5.74, 6) is 0. The highest BCUT2D eigenvalue weighted by Gasteiger charge is 2.36. The van der Waals surface area contributed by atoms with E-state index in [2.05, 4.69) is 9.88 Å². The molecule has 0 aromatic carbocycles. The Hall–Kier alpha value is -1.29. The highest BCUT2D eigenvalue weighted by Crippen LogP contribution is 2.34. The Morgan fingerprint density at radius 3 is 3.25 bits per heavy atom. The average Bonchev–Trinajstić information content (AvgIpc) is 2.77. The first-order valence-corrected chi connectivity index (χ1v) is 5.94. The molecule has 2 heterocycles. The molecule has 86 valence electrons. The van der Waals surface area contributed by atoms with Gasteiger partial charge < -0.3 is 15.4 Å². The minimum Gasteiger partial charge on any atom is -0.396 e. The standard InChI is InChI=1S/C12H17N3O/c13-9-8-14-5-4-10(9)15-6-7-16-12-3-1-2-11(12)15/h4-5,8,11-12H,1-3,6-7,13H2. The van der Waals surface area contributed by atoms with Crippen LogP contribution in [0.2, 0.25) is 0 Å². The summed E-state index contributed by atoms with van der Waals surface area (Å²) in [7, 11) is 0. The Kier molecular flexibility index (Phi) is 2.44. The third kappa shape index (κ3) is 1.53. The van der Waals surface area contributed by atoms with Gasteiger partial charge in [-0.1, -0.05) is 0 Å². The number of anilines is 2. The summed E-state index contributed by atoms with van der Waals surface area (Å²) in [6.45, 7) is 1.75. The fourth-order valence-electron chi connectivity index (χ4n) is 2.89. The number of morpholine rings is 1. The SMILES string of the molecule is Nc1cnccc1N1CCOC2CCCC21. The zero-order valence-corrected chi connectivity index (χ0v) is 9.30. The first kappa shape index (κ1) is 9.90. The Labute approximate surface area is 95.4 Å². The van der Waals surface area contributed by atoms with E-state index in [1.165, 1.54) is 19.3 Å². The van der Waals surface area contributed by atoms with E-state index in [0.29, 0.717) is 12.1 Å². The largest absolute Gasteiger partial charge is 0.396 e. The van der Waals surface area contributed by atoms with E-state index >= 15 is 0 Å². The molecule has 1 aromatic rings. The van der Waals surface area contributed by atoms with Crippen LogP contribution in [0.3, 0.4) is 0 Å². The summed E-state index contributed by atoms with van der Waals surface area (Å²) < 4.78 is 5.80. The summed E-state index contributed by atoms with van der Waals surface area (Å²) in [6, 6.07) is 2.52. The molecule has 3 rings (SSSR count). The molecule has 1 aliphatic heterocycles. The van der Waals surface area contributed by atoms with Crippen molar-refractivity contribution in [2.45, 2.75) is 31.4 Å². The van der Waals surface area contributed by atoms with Crippen LogP contribution in [0.15, 0.2) is 18.5 Å². The quantitative estimate of drug-likeness (QED) is 0.776. The van der Waals surface area contributed by atoms with Crippen LogP contribution >= 0.6 is 0 Å². The fourth-order valence-corrected chi connectivity index (χ4v) is 2.89. The number of aromatic nitrogens is 1. The number of rotatable bonds is 1. The maximum atomic E-state index is 5.99. The fraction of sp³-hybridized carbons (Fsp3) is 0.583. The number of nitrogens with two attached hydrogens (primary N) is 1. The number of hydrogen-bond donors (Lipinski definition) is 1. The van der Waals surface area contributed by atoms with E-state index in [-0.39, 0.29) is 0 Å². The van der Waals surface area contributed by atoms with Gasteiger partial charge in [-0.3, -0.25) is 4.98 Å². The third-order valence-corrected chi connectivity index (χ3v) is 3.62. The lowest BCUT2D eigenvalue weighted by atomic mass is 10.1. The van der Waals surface area contributed by atoms with Gasteiger partial charge in [0.1, 0.15) is 0 Å². The Balaban J connectivity index is 1.91. The smallest absolute Gasteiger partial charge is 0.0779 e. The second-order valence-electron chi connectivity index (χ2n) is 4.54. The van der Waals surface area contributed by atoms with Crippen LogP contribution < -0.4 is 10.6 Å². The van der Waals surface area contributed by atoms with Crippen molar-refractivity contribution < 1.29 is 4.74 Å². The second kappa shape index (κ2) is 3.94. The minimum atomic E-state index is 0.404. The van der Waals surface area contributed by atoms with E-state index in [4.69, 9.17) is 10.5 Å². The van der Waals surface area contributed by atoms with Crippen LogP contribution in [-0.4, -0.2) is 30.3 Å². The van der Waals surface area contributed by atoms with Gasteiger partial charge in [0.15, 0.2) is 0 Å². The number of pyridine rings is 1. The van der Waals surface area contributed by atoms with Crippen LogP contribution in [0.4, 0.5) is 11.4 Å². The van der Waals surface area contributed by atoms with Gasteiger partial charge in [0.2, 0.25) is 0 Å². The predicted molar refractivity (Wildman–Crippen MR) is 63.4 cm³/mol. The molecule has 1 saturated carbocycles. The second-order valence-corrected chi connectivity index (χ2v) is 4.54. The summed E-state index contributed by atoms with van der Waals surface area (Å²) in [4.78, 5) is 6.44. The molecule has 2 N–H and O–H groups in total. The lowest BCUT2D eigenvalue weighted by Gasteiger charge is -2.39. The van der Waals surface area contributed by atoms with Gasteiger partial charge in [-0.05, 0) is 25.3 Å². The summed E-state index contributed by atoms with van der Waals surface area (Å²) in [5, 5.41) is 0. The van der Waals surface area contributed by atoms with Crippen molar-refractivity contribution >= 4 is 11.4 Å². The molecular weight excluding hydrogens is 202 g/mol. The number of fused-ring (bicyclic) bond motifs is 1. The predicted octanol–water partition coefficient (Wildman–Crippen LogP) is 1.42. The van der Waals surface area contributed by atoms with Crippen LogP contribution in [0, 0.1) is 0 Å². The molecule has 2 aliphatic rings. The van der Waals surface area contributed by atoms with Gasteiger partial charge in [-0.25, -0.2) is 0 Å². The van der Waals surface area contributed by atoms with Gasteiger partial charge in [-0.15, -0.1) is 0 Å². The minimum absolute atomic E-state index is 0.404. The Morgan fingerprint density at radius 1 is 1.44 bits per heavy atom. The Morgan fingerprint density at radius 2 is 2.38 bits per heavy atom. The van der Waals surface area contributed by atoms with Gasteiger partial charge >= 0.3 is 0 Å². The first-order valence-electron chi connectivity index (χ1n) is 5.94. The normalized spacial score (nSPS) is 29.1. The average molecular weight is 219 g/mol. The van der Waals surface area contributed by atoms with E-state index in [9.17, 15) is 0 Å². The molecular formula is C12H17N3O. The zero-order chi connectivity index (χ0) is 11.0. The summed E-state index contributed by atoms with van der Waals surface area (Å²) >= 11 is 0. The van der Waals surface area contributed by atoms with Crippen molar-refractivity contribution in [1.29, 1.82) is 0 Å². The van der Waals surface area contributed by atoms with Crippen molar-refractivity contribution in [3.8, 4) is 0 Å². The van der Waals surface area contributed by atoms with Crippen LogP contribution in [-0.2, 0) is 4.74 Å². The van der Waals surface area contributed by atoms with Crippen molar-refractivity contribution in [3.05, 3.63) is 18.5 Å². The van der Waals surface area contributed by atoms with Crippen molar-refractivity contribution in [1.82, 2.24) is 4.98 Å². The molecule has 0 bridgehead atoms. The van der Waals surface area contributed by atoms with Crippen molar-refractivity contribution in [3.63, 3.8) is 0 Å². The van der Waals surface area contributed by atoms with Gasteiger partial charge in [-0.2, -0.15) is 0 Å². The molecule has 2 fully saturated rings. The molecule has 16 heavy (non-hydrogen) atoms. The molecule has 0 amide bonds. The molecule has 2 atom stereocenters. The van der Waals surface area contributed by atoms with Crippen molar-refractivity contribution in [2.75, 3.05) is 23.8 Å². The summed E-state index contributed by atoms with van der Waals surface area (Å²) in [5.41, 5.74) is 7.88. The van der Waals surface area contributed by atoms with E-state index in [1.54, 1.807) is 6.20 Å². The maximum Gasteiger partial charge on any atom is 0.0779 e. The first-order chi connectivity index (χ1) is 7.86. The maximum absolute atomic E-state index is 5.99. The number of ether oxygens (including phenoxy) is 1. The van der Waals surface area contributed by atoms with Gasteiger partial charge in [0, 0.05) is 12.7 Å². The Bertz CT molecular complexity index is 382. The molecule has 1 aliphatic carbocycles. The third-order valence-electron chi connectivity index (χ3n) is 3.62. The van der Waals surface area contributed by atoms with E-state index < -0.39 is 0 Å². The lowest BCUT2D eigenvalue weighted by Crippen LogP contribution is -2.48. The van der Waals surface area contributed by atoms with Crippen molar-refractivity contribution in [2.24, 2.45) is 0 Å². The molecule has 1 aromatic heterocycles. The number of hydrogen-bond acceptors (Lipinski definition) is 4. The van der Waals surface area contributed by atoms with Gasteiger partial charge in [0.05, 0.1) is 36.3 Å². The molecule has 4 heteroatoms. The highest BCUT2D eigenvalue weighted by molar-refractivity contribution is 5.66. The summed E-state index contributed by atoms with van der Waals surface area (Å²) in [6.07, 6.45) is 7.61. The number of nitrogen functional groups attached to an aromatic ring is 1. The van der Waals surface area contributed by atoms with E-state index in [1.807, 2.05) is 12.3 Å². The highest BCUT2D eigenvalue weighted by atomic mass is 16.5. The number of nitrogens with zero attached hydrogens (tertiary/aromatic N) is 2. The zero-order valence-electron chi connectivity index (χ0n) is 9.30. The topological polar surface area (TPSA) is 51.4 Å². The van der Waals surface area contributed by atoms with Gasteiger partial charge in [0.25, 0.3) is 0 Å². The molecule has 0 radical (unpaired) electrons. The molecule has 0 spiro atoms. The van der Waals surface area contributed by atoms with E-state index in [0.717, 1.165) is 24.5 Å².